The second-order valence-corrected chi connectivity index (χ2v) is 10.5. The van der Waals surface area contributed by atoms with Crippen LogP contribution in [0.15, 0.2) is 29.8 Å². The molecule has 0 atom stereocenters. The summed E-state index contributed by atoms with van der Waals surface area (Å²) in [6, 6.07) is 6.17. The molecule has 2 heterocycles. The fraction of sp³-hybridized carbons (Fsp3) is 0.294. The molecule has 0 spiro atoms. The van der Waals surface area contributed by atoms with Gasteiger partial charge in [0.25, 0.3) is 10.0 Å². The van der Waals surface area contributed by atoms with Crippen LogP contribution in [0.4, 0.5) is 19.0 Å². The second-order valence-electron chi connectivity index (χ2n) is 6.73. The molecular weight excluding hydrogens is 544 g/mol. The normalized spacial score (nSPS) is 16.7. The van der Waals surface area contributed by atoms with Gasteiger partial charge in [-0.15, -0.1) is 11.3 Å². The van der Waals surface area contributed by atoms with Crippen LogP contribution in [0, 0.1) is 8.99 Å². The Morgan fingerprint density at radius 1 is 1.28 bits per heavy atom. The van der Waals surface area contributed by atoms with Gasteiger partial charge in [-0.1, -0.05) is 32.0 Å². The number of alkyl halides is 3. The van der Waals surface area contributed by atoms with Gasteiger partial charge < -0.3 is 9.90 Å². The van der Waals surface area contributed by atoms with Crippen LogP contribution in [0.1, 0.15) is 24.3 Å². The van der Waals surface area contributed by atoms with Gasteiger partial charge in [0.2, 0.25) is 0 Å². The fourth-order valence-electron chi connectivity index (χ4n) is 2.96. The number of carbonyl (C=O) groups excluding carboxylic acids is 1. The third kappa shape index (κ3) is 3.77. The second kappa shape index (κ2) is 7.23. The third-order valence-corrected chi connectivity index (χ3v) is 7.96. The summed E-state index contributed by atoms with van der Waals surface area (Å²) in [4.78, 5) is 15.3. The minimum atomic E-state index is -4.83. The Hall–Kier alpha value is -1.67. The van der Waals surface area contributed by atoms with Crippen LogP contribution in [0.5, 0.6) is 0 Å². The highest BCUT2D eigenvalue weighted by Gasteiger charge is 2.48. The van der Waals surface area contributed by atoms with E-state index in [1.807, 2.05) is 22.6 Å². The van der Waals surface area contributed by atoms with Crippen molar-refractivity contribution in [2.45, 2.75) is 20.0 Å². The van der Waals surface area contributed by atoms with E-state index < -0.39 is 44.9 Å². The zero-order chi connectivity index (χ0) is 21.8. The highest BCUT2D eigenvalue weighted by Crippen LogP contribution is 2.52. The molecule has 0 saturated carbocycles. The SMILES string of the molecule is CC(C)(C(=O)[O-])C1=C(c2ccccc2I)S(=O)(=O)N(CC(F)(F)F)c2ncsc21. The number of anilines is 1. The largest absolute Gasteiger partial charge is 0.549 e. The Labute approximate surface area is 182 Å². The lowest BCUT2D eigenvalue weighted by Gasteiger charge is -2.37. The standard InChI is InChI=1S/C17H14F3IN2O4S2/c1-16(2,15(24)25)11-12-14(22-8-28-12)23(7-17(18,19)20)29(26,27)13(11)9-5-3-4-6-10(9)21/h3-6,8H,7H2,1-2H3,(H,24,25)/p-1. The molecule has 3 rings (SSSR count). The monoisotopic (exact) mass is 557 g/mol. The number of aromatic nitrogens is 1. The van der Waals surface area contributed by atoms with Crippen molar-refractivity contribution < 1.29 is 31.5 Å². The van der Waals surface area contributed by atoms with Crippen molar-refractivity contribution in [1.29, 1.82) is 0 Å². The molecule has 1 aromatic carbocycles. The van der Waals surface area contributed by atoms with E-state index >= 15 is 0 Å². The lowest BCUT2D eigenvalue weighted by molar-refractivity contribution is -0.314. The zero-order valence-electron chi connectivity index (χ0n) is 14.9. The predicted octanol–water partition coefficient (Wildman–Crippen LogP) is 3.10. The highest BCUT2D eigenvalue weighted by molar-refractivity contribution is 14.1. The Bertz CT molecular complexity index is 1120. The van der Waals surface area contributed by atoms with Crippen molar-refractivity contribution in [3.8, 4) is 0 Å². The van der Waals surface area contributed by atoms with Crippen molar-refractivity contribution >= 4 is 66.2 Å². The van der Waals surface area contributed by atoms with Gasteiger partial charge in [-0.25, -0.2) is 17.7 Å². The first kappa shape index (κ1) is 22.0. The van der Waals surface area contributed by atoms with Crippen LogP contribution >= 0.6 is 33.9 Å². The van der Waals surface area contributed by atoms with Crippen molar-refractivity contribution in [2.75, 3.05) is 10.8 Å². The van der Waals surface area contributed by atoms with Gasteiger partial charge in [-0.2, -0.15) is 13.2 Å². The number of fused-ring (bicyclic) bond motifs is 1. The van der Waals surface area contributed by atoms with Crippen molar-refractivity contribution in [3.05, 3.63) is 43.8 Å². The third-order valence-electron chi connectivity index (χ3n) is 4.36. The molecule has 0 bridgehead atoms. The summed E-state index contributed by atoms with van der Waals surface area (Å²) >= 11 is 2.73. The quantitative estimate of drug-likeness (QED) is 0.540. The van der Waals surface area contributed by atoms with E-state index in [9.17, 15) is 31.5 Å². The highest BCUT2D eigenvalue weighted by atomic mass is 127. The smallest absolute Gasteiger partial charge is 0.407 e. The van der Waals surface area contributed by atoms with E-state index in [0.717, 1.165) is 11.3 Å². The van der Waals surface area contributed by atoms with Crippen LogP contribution < -0.4 is 9.41 Å². The van der Waals surface area contributed by atoms with E-state index in [-0.39, 0.29) is 20.3 Å². The summed E-state index contributed by atoms with van der Waals surface area (Å²) in [6.07, 6.45) is -4.83. The molecule has 0 N–H and O–H groups in total. The van der Waals surface area contributed by atoms with E-state index in [1.165, 1.54) is 31.5 Å². The summed E-state index contributed by atoms with van der Waals surface area (Å²) in [6.45, 7) is 0.732. The number of hydrogen-bond donors (Lipinski definition) is 0. The number of sulfonamides is 1. The summed E-state index contributed by atoms with van der Waals surface area (Å²) in [5.74, 6) is -2.00. The number of rotatable bonds is 4. The van der Waals surface area contributed by atoms with E-state index in [0.29, 0.717) is 3.57 Å². The Kier molecular flexibility index (Phi) is 5.49. The van der Waals surface area contributed by atoms with Crippen LogP contribution in [0.25, 0.3) is 10.5 Å². The Morgan fingerprint density at radius 3 is 2.45 bits per heavy atom. The first-order valence-corrected chi connectivity index (χ1v) is 11.4. The molecule has 0 radical (unpaired) electrons. The molecule has 0 saturated heterocycles. The number of aliphatic carboxylic acids is 1. The molecule has 0 aliphatic carbocycles. The van der Waals surface area contributed by atoms with Gasteiger partial charge in [0.05, 0.1) is 16.4 Å². The van der Waals surface area contributed by atoms with Gasteiger partial charge >= 0.3 is 6.18 Å². The maximum atomic E-state index is 13.4. The van der Waals surface area contributed by atoms with Gasteiger partial charge in [-0.05, 0) is 28.7 Å². The number of carboxylic acid groups (broad SMARTS) is 1. The van der Waals surface area contributed by atoms with Crippen LogP contribution in [0.2, 0.25) is 0 Å². The molecule has 0 fully saturated rings. The molecule has 0 amide bonds. The van der Waals surface area contributed by atoms with Crippen LogP contribution in [0.3, 0.4) is 0 Å². The Morgan fingerprint density at radius 2 is 1.90 bits per heavy atom. The fourth-order valence-corrected chi connectivity index (χ4v) is 6.89. The maximum Gasteiger partial charge on any atom is 0.407 e. The molecule has 1 aliphatic heterocycles. The van der Waals surface area contributed by atoms with Crippen molar-refractivity contribution in [1.82, 2.24) is 4.98 Å². The number of halogens is 4. The van der Waals surface area contributed by atoms with Crippen LogP contribution in [-0.4, -0.2) is 32.1 Å². The lowest BCUT2D eigenvalue weighted by Crippen LogP contribution is -2.45. The average molecular weight is 557 g/mol. The molecule has 6 nitrogen and oxygen atoms in total. The van der Waals surface area contributed by atoms with E-state index in [2.05, 4.69) is 4.98 Å². The average Bonchev–Trinajstić information content (AvgIpc) is 3.05. The van der Waals surface area contributed by atoms with Crippen molar-refractivity contribution in [3.63, 3.8) is 0 Å². The maximum absolute atomic E-state index is 13.4. The van der Waals surface area contributed by atoms with Gasteiger partial charge in [0, 0.05) is 20.1 Å². The molecule has 12 heteroatoms. The first-order chi connectivity index (χ1) is 13.3. The zero-order valence-corrected chi connectivity index (χ0v) is 18.7. The molecule has 1 aromatic heterocycles. The van der Waals surface area contributed by atoms with Crippen molar-refractivity contribution in [2.24, 2.45) is 5.41 Å². The number of carbonyl (C=O) groups is 1. The Balaban J connectivity index is 2.48. The molecular formula is C17H13F3IN2O4S2-. The molecule has 2 aromatic rings. The van der Waals surface area contributed by atoms with Gasteiger partial charge in [0.1, 0.15) is 11.4 Å². The molecule has 0 unspecified atom stereocenters. The predicted molar refractivity (Wildman–Crippen MR) is 109 cm³/mol. The number of nitrogens with zero attached hydrogens (tertiary/aromatic N) is 2. The van der Waals surface area contributed by atoms with Crippen LogP contribution in [-0.2, 0) is 14.8 Å². The first-order valence-electron chi connectivity index (χ1n) is 8.03. The summed E-state index contributed by atoms with van der Waals surface area (Å²) in [5.41, 5.74) is -0.651. The number of benzene rings is 1. The van der Waals surface area contributed by atoms with Gasteiger partial charge in [-0.3, -0.25) is 0 Å². The minimum Gasteiger partial charge on any atom is -0.549 e. The summed E-state index contributed by atoms with van der Waals surface area (Å²) in [7, 11) is -4.78. The number of carboxylic acids is 1. The minimum absolute atomic E-state index is 0.0490. The van der Waals surface area contributed by atoms with E-state index in [1.54, 1.807) is 12.1 Å². The summed E-state index contributed by atoms with van der Waals surface area (Å²) < 4.78 is 67.0. The van der Waals surface area contributed by atoms with Gasteiger partial charge in [0.15, 0.2) is 5.82 Å². The van der Waals surface area contributed by atoms with E-state index in [4.69, 9.17) is 0 Å². The lowest BCUT2D eigenvalue weighted by atomic mass is 9.82. The molecule has 1 aliphatic rings. The molecule has 156 valence electrons. The number of thiazole rings is 1. The summed E-state index contributed by atoms with van der Waals surface area (Å²) in [5, 5.41) is 11.9. The topological polar surface area (TPSA) is 90.4 Å². The molecule has 29 heavy (non-hydrogen) atoms. The number of hydrogen-bond acceptors (Lipinski definition) is 6.